The zero-order chi connectivity index (χ0) is 14.5. The van der Waals surface area contributed by atoms with E-state index in [4.69, 9.17) is 5.73 Å². The van der Waals surface area contributed by atoms with Crippen LogP contribution >= 0.6 is 0 Å². The summed E-state index contributed by atoms with van der Waals surface area (Å²) in [5.41, 5.74) is 5.70. The van der Waals surface area contributed by atoms with Crippen molar-refractivity contribution in [3.05, 3.63) is 0 Å². The third-order valence-corrected chi connectivity index (χ3v) is 4.50. The van der Waals surface area contributed by atoms with Crippen molar-refractivity contribution >= 4 is 5.91 Å². The van der Waals surface area contributed by atoms with Gasteiger partial charge in [-0.25, -0.2) is 0 Å². The largest absolute Gasteiger partial charge is 0.342 e. The van der Waals surface area contributed by atoms with Crippen molar-refractivity contribution in [3.63, 3.8) is 0 Å². The highest BCUT2D eigenvalue weighted by atomic mass is 16.2. The first-order valence-corrected chi connectivity index (χ1v) is 8.00. The Bertz CT molecular complexity index is 319. The SMILES string of the molecule is CC(CN)CN1CCCN(CC(=O)N(C)C2CC2)CC1. The molecule has 0 aromatic rings. The van der Waals surface area contributed by atoms with E-state index < -0.39 is 0 Å². The van der Waals surface area contributed by atoms with Crippen LogP contribution in [0.5, 0.6) is 0 Å². The van der Waals surface area contributed by atoms with Crippen molar-refractivity contribution < 1.29 is 4.79 Å². The van der Waals surface area contributed by atoms with Gasteiger partial charge in [-0.3, -0.25) is 9.69 Å². The highest BCUT2D eigenvalue weighted by molar-refractivity contribution is 5.78. The molecule has 116 valence electrons. The molecule has 1 aliphatic heterocycles. The molecule has 0 radical (unpaired) electrons. The van der Waals surface area contributed by atoms with E-state index in [-0.39, 0.29) is 5.91 Å². The maximum absolute atomic E-state index is 12.2. The van der Waals surface area contributed by atoms with Crippen LogP contribution in [0.1, 0.15) is 26.2 Å². The molecule has 5 heteroatoms. The van der Waals surface area contributed by atoms with Crippen molar-refractivity contribution in [1.82, 2.24) is 14.7 Å². The third-order valence-electron chi connectivity index (χ3n) is 4.50. The summed E-state index contributed by atoms with van der Waals surface area (Å²) in [6.45, 7) is 8.87. The molecule has 1 heterocycles. The molecule has 1 atom stereocenters. The van der Waals surface area contributed by atoms with Crippen molar-refractivity contribution in [1.29, 1.82) is 0 Å². The predicted molar refractivity (Wildman–Crippen MR) is 81.5 cm³/mol. The van der Waals surface area contributed by atoms with Gasteiger partial charge in [-0.1, -0.05) is 6.92 Å². The predicted octanol–water partition coefficient (Wildman–Crippen LogP) is 0.210. The summed E-state index contributed by atoms with van der Waals surface area (Å²) in [6, 6.07) is 0.524. The number of rotatable bonds is 6. The monoisotopic (exact) mass is 282 g/mol. The molecule has 20 heavy (non-hydrogen) atoms. The van der Waals surface area contributed by atoms with Gasteiger partial charge >= 0.3 is 0 Å². The molecule has 0 bridgehead atoms. The Morgan fingerprint density at radius 3 is 2.55 bits per heavy atom. The minimum Gasteiger partial charge on any atom is -0.342 e. The van der Waals surface area contributed by atoms with Gasteiger partial charge in [0, 0.05) is 32.7 Å². The Morgan fingerprint density at radius 1 is 1.25 bits per heavy atom. The van der Waals surface area contributed by atoms with E-state index in [0.717, 1.165) is 45.7 Å². The number of likely N-dealkylation sites (N-methyl/N-ethyl adjacent to an activating group) is 1. The molecule has 2 fully saturated rings. The van der Waals surface area contributed by atoms with E-state index >= 15 is 0 Å². The zero-order valence-electron chi connectivity index (χ0n) is 13.1. The van der Waals surface area contributed by atoms with E-state index in [1.54, 1.807) is 0 Å². The highest BCUT2D eigenvalue weighted by Crippen LogP contribution is 2.25. The molecule has 2 rings (SSSR count). The minimum atomic E-state index is 0.288. The highest BCUT2D eigenvalue weighted by Gasteiger charge is 2.30. The topological polar surface area (TPSA) is 52.8 Å². The van der Waals surface area contributed by atoms with Crippen LogP contribution in [0.2, 0.25) is 0 Å². The van der Waals surface area contributed by atoms with Gasteiger partial charge in [-0.2, -0.15) is 0 Å². The average molecular weight is 282 g/mol. The van der Waals surface area contributed by atoms with Gasteiger partial charge < -0.3 is 15.5 Å². The lowest BCUT2D eigenvalue weighted by Gasteiger charge is -2.25. The smallest absolute Gasteiger partial charge is 0.236 e. The van der Waals surface area contributed by atoms with Crippen LogP contribution < -0.4 is 5.73 Å². The molecular weight excluding hydrogens is 252 g/mol. The van der Waals surface area contributed by atoms with Crippen LogP contribution in [-0.2, 0) is 4.79 Å². The van der Waals surface area contributed by atoms with Gasteiger partial charge in [-0.15, -0.1) is 0 Å². The molecular formula is C15H30N4O. The van der Waals surface area contributed by atoms with Crippen molar-refractivity contribution in [2.75, 3.05) is 52.9 Å². The van der Waals surface area contributed by atoms with E-state index in [9.17, 15) is 4.79 Å². The lowest BCUT2D eigenvalue weighted by Crippen LogP contribution is -2.41. The summed E-state index contributed by atoms with van der Waals surface area (Å²) >= 11 is 0. The number of carbonyl (C=O) groups is 1. The second-order valence-electron chi connectivity index (χ2n) is 6.51. The number of nitrogens with two attached hydrogens (primary N) is 1. The Labute approximate surface area is 123 Å². The third kappa shape index (κ3) is 4.72. The Balaban J connectivity index is 1.73. The number of carbonyl (C=O) groups excluding carboxylic acids is 1. The van der Waals surface area contributed by atoms with Gasteiger partial charge in [0.2, 0.25) is 5.91 Å². The molecule has 1 saturated carbocycles. The van der Waals surface area contributed by atoms with Crippen molar-refractivity contribution in [2.24, 2.45) is 11.7 Å². The van der Waals surface area contributed by atoms with E-state index in [2.05, 4.69) is 16.7 Å². The van der Waals surface area contributed by atoms with Gasteiger partial charge in [-0.05, 0) is 44.8 Å². The lowest BCUT2D eigenvalue weighted by atomic mass is 10.1. The summed E-state index contributed by atoms with van der Waals surface area (Å²) in [7, 11) is 1.95. The quantitative estimate of drug-likeness (QED) is 0.757. The maximum atomic E-state index is 12.2. The molecule has 2 aliphatic rings. The molecule has 1 amide bonds. The van der Waals surface area contributed by atoms with Crippen LogP contribution in [0, 0.1) is 5.92 Å². The van der Waals surface area contributed by atoms with E-state index in [0.29, 0.717) is 18.5 Å². The summed E-state index contributed by atoms with van der Waals surface area (Å²) in [5.74, 6) is 0.848. The van der Waals surface area contributed by atoms with Crippen LogP contribution in [-0.4, -0.2) is 79.5 Å². The summed E-state index contributed by atoms with van der Waals surface area (Å²) < 4.78 is 0. The lowest BCUT2D eigenvalue weighted by molar-refractivity contribution is -0.131. The van der Waals surface area contributed by atoms with Crippen molar-refractivity contribution in [3.8, 4) is 0 Å². The van der Waals surface area contributed by atoms with Gasteiger partial charge in [0.15, 0.2) is 0 Å². The first-order valence-electron chi connectivity index (χ1n) is 8.00. The molecule has 2 N–H and O–H groups in total. The zero-order valence-corrected chi connectivity index (χ0v) is 13.1. The van der Waals surface area contributed by atoms with E-state index in [1.807, 2.05) is 11.9 Å². The molecule has 1 aliphatic carbocycles. The van der Waals surface area contributed by atoms with Crippen molar-refractivity contribution in [2.45, 2.75) is 32.2 Å². The number of nitrogens with zero attached hydrogens (tertiary/aromatic N) is 3. The molecule has 0 aromatic heterocycles. The first kappa shape index (κ1) is 15.7. The van der Waals surface area contributed by atoms with Crippen LogP contribution in [0.25, 0.3) is 0 Å². The fraction of sp³-hybridized carbons (Fsp3) is 0.933. The van der Waals surface area contributed by atoms with Crippen LogP contribution in [0.15, 0.2) is 0 Å². The number of hydrogen-bond donors (Lipinski definition) is 1. The second-order valence-corrected chi connectivity index (χ2v) is 6.51. The van der Waals surface area contributed by atoms with Gasteiger partial charge in [0.05, 0.1) is 6.54 Å². The summed E-state index contributed by atoms with van der Waals surface area (Å²) in [5, 5.41) is 0. The Morgan fingerprint density at radius 2 is 1.90 bits per heavy atom. The number of amides is 1. The maximum Gasteiger partial charge on any atom is 0.236 e. The normalized spacial score (nSPS) is 23.4. The number of hydrogen-bond acceptors (Lipinski definition) is 4. The molecule has 0 spiro atoms. The molecule has 1 unspecified atom stereocenters. The van der Waals surface area contributed by atoms with Crippen LogP contribution in [0.3, 0.4) is 0 Å². The van der Waals surface area contributed by atoms with Gasteiger partial charge in [0.25, 0.3) is 0 Å². The fourth-order valence-electron chi connectivity index (χ4n) is 2.85. The molecule has 1 saturated heterocycles. The fourth-order valence-corrected chi connectivity index (χ4v) is 2.85. The van der Waals surface area contributed by atoms with E-state index in [1.165, 1.54) is 12.8 Å². The Kier molecular flexibility index (Phi) is 5.81. The van der Waals surface area contributed by atoms with Gasteiger partial charge in [0.1, 0.15) is 0 Å². The molecule has 0 aromatic carbocycles. The minimum absolute atomic E-state index is 0.288. The standard InChI is InChI=1S/C15H30N4O/c1-13(10-16)11-18-6-3-7-19(9-8-18)12-15(20)17(2)14-4-5-14/h13-14H,3-12,16H2,1-2H3. The average Bonchev–Trinajstić information content (AvgIpc) is 3.26. The Hall–Kier alpha value is -0.650. The second kappa shape index (κ2) is 7.38. The first-order chi connectivity index (χ1) is 9.60. The summed E-state index contributed by atoms with van der Waals surface area (Å²) in [6.07, 6.45) is 3.53. The van der Waals surface area contributed by atoms with Crippen LogP contribution in [0.4, 0.5) is 0 Å². The molecule has 5 nitrogen and oxygen atoms in total. The summed E-state index contributed by atoms with van der Waals surface area (Å²) in [4.78, 5) is 18.9.